The lowest BCUT2D eigenvalue weighted by atomic mass is 10.1. The first-order valence-corrected chi connectivity index (χ1v) is 8.99. The number of aryl methyl sites for hydroxylation is 2. The van der Waals surface area contributed by atoms with Gasteiger partial charge < -0.3 is 15.5 Å². The number of hydrogen-bond acceptors (Lipinski definition) is 3. The summed E-state index contributed by atoms with van der Waals surface area (Å²) in [6, 6.07) is 13.2. The van der Waals surface area contributed by atoms with Crippen LogP contribution in [-0.2, 0) is 9.59 Å². The quantitative estimate of drug-likeness (QED) is 0.860. The van der Waals surface area contributed by atoms with Crippen molar-refractivity contribution in [1.82, 2.24) is 0 Å². The van der Waals surface area contributed by atoms with Crippen molar-refractivity contribution in [1.29, 1.82) is 0 Å². The molecule has 2 aromatic rings. The zero-order valence-corrected chi connectivity index (χ0v) is 15.5. The Labute approximate surface area is 154 Å². The van der Waals surface area contributed by atoms with E-state index in [1.165, 1.54) is 0 Å². The fourth-order valence-electron chi connectivity index (χ4n) is 3.15. The van der Waals surface area contributed by atoms with Crippen molar-refractivity contribution in [2.75, 3.05) is 22.1 Å². The molecule has 1 aliphatic rings. The van der Waals surface area contributed by atoms with E-state index in [1.54, 1.807) is 0 Å². The van der Waals surface area contributed by atoms with Gasteiger partial charge in [-0.05, 0) is 63.1 Å². The van der Waals surface area contributed by atoms with Gasteiger partial charge in [-0.1, -0.05) is 17.7 Å². The van der Waals surface area contributed by atoms with Crippen LogP contribution in [0, 0.1) is 13.8 Å². The second kappa shape index (κ2) is 7.60. The first-order valence-electron chi connectivity index (χ1n) is 8.99. The highest BCUT2D eigenvalue weighted by Gasteiger charge is 2.23. The number of amides is 2. The predicted octanol–water partition coefficient (Wildman–Crippen LogP) is 3.87. The SMILES string of the molecule is Cc1ccc(NC(=O)C(C)Nc2ccc(N3CCCC3=O)c(C)c2)cc1. The summed E-state index contributed by atoms with van der Waals surface area (Å²) in [4.78, 5) is 26.2. The zero-order chi connectivity index (χ0) is 18.7. The van der Waals surface area contributed by atoms with E-state index in [1.807, 2.05) is 68.1 Å². The molecule has 1 unspecified atom stereocenters. The number of carbonyl (C=O) groups is 2. The summed E-state index contributed by atoms with van der Waals surface area (Å²) >= 11 is 0. The zero-order valence-electron chi connectivity index (χ0n) is 15.5. The summed E-state index contributed by atoms with van der Waals surface area (Å²) in [6.07, 6.45) is 1.53. The third kappa shape index (κ3) is 4.04. The first kappa shape index (κ1) is 18.0. The largest absolute Gasteiger partial charge is 0.374 e. The van der Waals surface area contributed by atoms with Gasteiger partial charge in [0.1, 0.15) is 6.04 Å². The van der Waals surface area contributed by atoms with Gasteiger partial charge in [-0.2, -0.15) is 0 Å². The van der Waals surface area contributed by atoms with Crippen LogP contribution >= 0.6 is 0 Å². The molecule has 0 radical (unpaired) electrons. The maximum atomic E-state index is 12.4. The number of carbonyl (C=O) groups excluding carboxylic acids is 2. The number of nitrogens with zero attached hydrogens (tertiary/aromatic N) is 1. The number of anilines is 3. The second-order valence-electron chi connectivity index (χ2n) is 6.87. The van der Waals surface area contributed by atoms with E-state index in [0.29, 0.717) is 6.42 Å². The fourth-order valence-corrected chi connectivity index (χ4v) is 3.15. The van der Waals surface area contributed by atoms with Crippen LogP contribution in [0.3, 0.4) is 0 Å². The molecule has 0 aliphatic carbocycles. The minimum Gasteiger partial charge on any atom is -0.374 e. The maximum absolute atomic E-state index is 12.4. The smallest absolute Gasteiger partial charge is 0.246 e. The molecule has 1 saturated heterocycles. The van der Waals surface area contributed by atoms with Gasteiger partial charge in [0.2, 0.25) is 11.8 Å². The molecule has 5 heteroatoms. The minimum absolute atomic E-state index is 0.0923. The highest BCUT2D eigenvalue weighted by Crippen LogP contribution is 2.27. The van der Waals surface area contributed by atoms with Crippen LogP contribution < -0.4 is 15.5 Å². The van der Waals surface area contributed by atoms with Crippen molar-refractivity contribution < 1.29 is 9.59 Å². The topological polar surface area (TPSA) is 61.4 Å². The first-order chi connectivity index (χ1) is 12.4. The Kier molecular flexibility index (Phi) is 5.26. The van der Waals surface area contributed by atoms with Gasteiger partial charge >= 0.3 is 0 Å². The lowest BCUT2D eigenvalue weighted by Gasteiger charge is -2.20. The Morgan fingerprint density at radius 3 is 2.38 bits per heavy atom. The average molecular weight is 351 g/mol. The Hall–Kier alpha value is -2.82. The van der Waals surface area contributed by atoms with Crippen molar-refractivity contribution >= 4 is 28.9 Å². The number of rotatable bonds is 5. The van der Waals surface area contributed by atoms with Crippen LogP contribution in [0.2, 0.25) is 0 Å². The average Bonchev–Trinajstić information content (AvgIpc) is 3.03. The lowest BCUT2D eigenvalue weighted by molar-refractivity contribution is -0.117. The summed E-state index contributed by atoms with van der Waals surface area (Å²) in [7, 11) is 0. The molecule has 26 heavy (non-hydrogen) atoms. The lowest BCUT2D eigenvalue weighted by Crippen LogP contribution is -2.32. The van der Waals surface area contributed by atoms with Crippen LogP contribution in [0.25, 0.3) is 0 Å². The molecule has 2 aromatic carbocycles. The summed E-state index contributed by atoms with van der Waals surface area (Å²) in [6.45, 7) is 6.61. The molecule has 5 nitrogen and oxygen atoms in total. The molecular weight excluding hydrogens is 326 g/mol. The van der Waals surface area contributed by atoms with E-state index in [0.717, 1.165) is 41.2 Å². The van der Waals surface area contributed by atoms with E-state index in [4.69, 9.17) is 0 Å². The van der Waals surface area contributed by atoms with E-state index in [9.17, 15) is 9.59 Å². The number of hydrogen-bond donors (Lipinski definition) is 2. The molecule has 1 atom stereocenters. The summed E-state index contributed by atoms with van der Waals surface area (Å²) in [5, 5.41) is 6.14. The predicted molar refractivity (Wildman–Crippen MR) is 106 cm³/mol. The molecule has 0 saturated carbocycles. The van der Waals surface area contributed by atoms with Gasteiger partial charge in [0.05, 0.1) is 0 Å². The van der Waals surface area contributed by atoms with E-state index in [2.05, 4.69) is 10.6 Å². The van der Waals surface area contributed by atoms with Gasteiger partial charge in [-0.15, -0.1) is 0 Å². The van der Waals surface area contributed by atoms with Crippen molar-refractivity contribution in [3.05, 3.63) is 53.6 Å². The Balaban J connectivity index is 1.64. The van der Waals surface area contributed by atoms with Gasteiger partial charge in [0.15, 0.2) is 0 Å². The molecular formula is C21H25N3O2. The standard InChI is InChI=1S/C21H25N3O2/c1-14-6-8-17(9-7-14)23-21(26)16(3)22-18-10-11-19(15(2)13-18)24-12-4-5-20(24)25/h6-11,13,16,22H,4-5,12H2,1-3H3,(H,23,26). The molecule has 1 heterocycles. The Morgan fingerprint density at radius 2 is 1.77 bits per heavy atom. The van der Waals surface area contributed by atoms with Crippen molar-refractivity contribution in [2.45, 2.75) is 39.7 Å². The van der Waals surface area contributed by atoms with Crippen LogP contribution in [0.5, 0.6) is 0 Å². The van der Waals surface area contributed by atoms with Gasteiger partial charge in [-0.25, -0.2) is 0 Å². The minimum atomic E-state index is -0.380. The Bertz CT molecular complexity index is 815. The maximum Gasteiger partial charge on any atom is 0.246 e. The molecule has 2 amide bonds. The third-order valence-corrected chi connectivity index (χ3v) is 4.66. The van der Waals surface area contributed by atoms with Crippen LogP contribution in [0.1, 0.15) is 30.9 Å². The molecule has 1 fully saturated rings. The summed E-state index contributed by atoms with van der Waals surface area (Å²) < 4.78 is 0. The molecule has 2 N–H and O–H groups in total. The molecule has 1 aliphatic heterocycles. The van der Waals surface area contributed by atoms with Crippen molar-refractivity contribution in [3.8, 4) is 0 Å². The van der Waals surface area contributed by atoms with Crippen LogP contribution in [0.15, 0.2) is 42.5 Å². The molecule has 136 valence electrons. The van der Waals surface area contributed by atoms with E-state index >= 15 is 0 Å². The normalized spacial score (nSPS) is 15.0. The second-order valence-corrected chi connectivity index (χ2v) is 6.87. The monoisotopic (exact) mass is 351 g/mol. The van der Waals surface area contributed by atoms with Crippen LogP contribution in [0.4, 0.5) is 17.1 Å². The highest BCUT2D eigenvalue weighted by molar-refractivity contribution is 5.97. The molecule has 0 bridgehead atoms. The van der Waals surface area contributed by atoms with Crippen molar-refractivity contribution in [3.63, 3.8) is 0 Å². The van der Waals surface area contributed by atoms with E-state index in [-0.39, 0.29) is 17.9 Å². The highest BCUT2D eigenvalue weighted by atomic mass is 16.2. The summed E-state index contributed by atoms with van der Waals surface area (Å²) in [5.74, 6) is 0.0879. The van der Waals surface area contributed by atoms with Gasteiger partial charge in [-0.3, -0.25) is 9.59 Å². The number of benzene rings is 2. The summed E-state index contributed by atoms with van der Waals surface area (Å²) in [5.41, 5.74) is 4.78. The molecule has 3 rings (SSSR count). The number of nitrogens with one attached hydrogen (secondary N) is 2. The van der Waals surface area contributed by atoms with Crippen LogP contribution in [-0.4, -0.2) is 24.4 Å². The van der Waals surface area contributed by atoms with Gasteiger partial charge in [0.25, 0.3) is 0 Å². The third-order valence-electron chi connectivity index (χ3n) is 4.66. The Morgan fingerprint density at radius 1 is 1.08 bits per heavy atom. The van der Waals surface area contributed by atoms with Crippen molar-refractivity contribution in [2.24, 2.45) is 0 Å². The molecule has 0 aromatic heterocycles. The van der Waals surface area contributed by atoms with E-state index < -0.39 is 0 Å². The fraction of sp³-hybridized carbons (Fsp3) is 0.333. The van der Waals surface area contributed by atoms with Gasteiger partial charge in [0, 0.05) is 30.0 Å². The molecule has 0 spiro atoms.